The molecule has 0 unspecified atom stereocenters. The number of piperazine rings is 1. The van der Waals surface area contributed by atoms with Crippen LogP contribution in [0.1, 0.15) is 21.7 Å². The van der Waals surface area contributed by atoms with Crippen molar-refractivity contribution in [2.24, 2.45) is 7.05 Å². The molecule has 0 N–H and O–H groups in total. The van der Waals surface area contributed by atoms with Gasteiger partial charge in [-0.1, -0.05) is 17.7 Å². The van der Waals surface area contributed by atoms with Crippen molar-refractivity contribution >= 4 is 27.5 Å². The first-order valence-electron chi connectivity index (χ1n) is 9.92. The van der Waals surface area contributed by atoms with E-state index >= 15 is 0 Å². The quantitative estimate of drug-likeness (QED) is 0.598. The number of carbonyl (C=O) groups is 1. The number of nitrogens with zero attached hydrogens (tertiary/aromatic N) is 5. The number of benzene rings is 1. The van der Waals surface area contributed by atoms with Crippen molar-refractivity contribution in [3.63, 3.8) is 0 Å². The molecule has 1 fully saturated rings. The third kappa shape index (κ3) is 3.88. The van der Waals surface area contributed by atoms with Crippen LogP contribution in [0.15, 0.2) is 47.5 Å². The molecule has 1 aromatic carbocycles. The van der Waals surface area contributed by atoms with Crippen LogP contribution in [0.4, 0.5) is 0 Å². The minimum atomic E-state index is -3.66. The van der Waals surface area contributed by atoms with Crippen LogP contribution >= 0.6 is 11.6 Å². The summed E-state index contributed by atoms with van der Waals surface area (Å²) in [6.45, 7) is 5.00. The summed E-state index contributed by atoms with van der Waals surface area (Å²) in [5.74, 6) is 0.550. The first kappa shape index (κ1) is 21.6. The normalized spacial score (nSPS) is 15.4. The third-order valence-corrected chi connectivity index (χ3v) is 7.71. The van der Waals surface area contributed by atoms with Crippen molar-refractivity contribution in [2.75, 3.05) is 26.2 Å². The predicted octanol–water partition coefficient (Wildman–Crippen LogP) is 2.63. The highest BCUT2D eigenvalue weighted by Gasteiger charge is 2.32. The van der Waals surface area contributed by atoms with Crippen molar-refractivity contribution in [3.8, 4) is 5.82 Å². The monoisotopic (exact) mass is 461 g/mol. The van der Waals surface area contributed by atoms with Crippen LogP contribution in [0.25, 0.3) is 5.82 Å². The molecule has 31 heavy (non-hydrogen) atoms. The fourth-order valence-corrected chi connectivity index (χ4v) is 5.65. The van der Waals surface area contributed by atoms with Gasteiger partial charge < -0.3 is 9.47 Å². The second kappa shape index (κ2) is 8.14. The van der Waals surface area contributed by atoms with Crippen molar-refractivity contribution in [1.29, 1.82) is 0 Å². The van der Waals surface area contributed by atoms with Gasteiger partial charge in [0.25, 0.3) is 5.91 Å². The van der Waals surface area contributed by atoms with E-state index in [9.17, 15) is 13.2 Å². The number of carbonyl (C=O) groups excluding carboxylic acids is 1. The van der Waals surface area contributed by atoms with Crippen LogP contribution in [0, 0.1) is 13.8 Å². The number of hydrogen-bond donors (Lipinski definition) is 0. The Kier molecular flexibility index (Phi) is 5.67. The maximum Gasteiger partial charge on any atom is 0.259 e. The highest BCUT2D eigenvalue weighted by atomic mass is 35.5. The Labute approximate surface area is 186 Å². The van der Waals surface area contributed by atoms with Crippen molar-refractivity contribution in [1.82, 2.24) is 23.6 Å². The molecule has 0 aliphatic carbocycles. The van der Waals surface area contributed by atoms with Crippen LogP contribution in [-0.4, -0.2) is 64.1 Å². The fourth-order valence-electron chi connectivity index (χ4n) is 3.93. The Morgan fingerprint density at radius 1 is 1.03 bits per heavy atom. The van der Waals surface area contributed by atoms with Gasteiger partial charge in [-0.15, -0.1) is 0 Å². The number of aryl methyl sites for hydroxylation is 3. The standard InChI is InChI=1S/C21H24ClN5O3S/c1-15-7-8-16(2)27(15)20-19(14-23-24(20)3)21(28)25-9-11-26(12-10-25)31(29,30)18-6-4-5-17(22)13-18/h4-8,13-14H,9-12H2,1-3H3. The molecule has 1 aliphatic rings. The van der Waals surface area contributed by atoms with Crippen LogP contribution in [0.5, 0.6) is 0 Å². The van der Waals surface area contributed by atoms with Gasteiger partial charge in [0.1, 0.15) is 11.4 Å². The van der Waals surface area contributed by atoms with Gasteiger partial charge in [0.05, 0.1) is 11.1 Å². The molecule has 8 nitrogen and oxygen atoms in total. The van der Waals surface area contributed by atoms with E-state index in [4.69, 9.17) is 11.6 Å². The minimum absolute atomic E-state index is 0.157. The molecule has 4 rings (SSSR count). The zero-order valence-electron chi connectivity index (χ0n) is 17.6. The van der Waals surface area contributed by atoms with Crippen molar-refractivity contribution in [2.45, 2.75) is 18.7 Å². The maximum atomic E-state index is 13.3. The Hall–Kier alpha value is -2.62. The van der Waals surface area contributed by atoms with E-state index in [1.165, 1.54) is 16.4 Å². The van der Waals surface area contributed by atoms with E-state index in [0.29, 0.717) is 29.5 Å². The largest absolute Gasteiger partial charge is 0.336 e. The van der Waals surface area contributed by atoms with E-state index in [2.05, 4.69) is 5.10 Å². The van der Waals surface area contributed by atoms with Gasteiger partial charge in [0.15, 0.2) is 0 Å². The number of hydrogen-bond acceptors (Lipinski definition) is 4. The molecule has 1 amide bonds. The van der Waals surface area contributed by atoms with Crippen molar-refractivity contribution in [3.05, 3.63) is 64.6 Å². The van der Waals surface area contributed by atoms with Gasteiger partial charge in [0, 0.05) is 49.6 Å². The molecular formula is C21H24ClN5O3S. The van der Waals surface area contributed by atoms with Gasteiger partial charge in [0.2, 0.25) is 10.0 Å². The average Bonchev–Trinajstić information content (AvgIpc) is 3.28. The summed E-state index contributed by atoms with van der Waals surface area (Å²) in [6.07, 6.45) is 1.58. The van der Waals surface area contributed by atoms with Crippen LogP contribution in [0.3, 0.4) is 0 Å². The molecule has 10 heteroatoms. The van der Waals surface area contributed by atoms with E-state index in [1.807, 2.05) is 30.5 Å². The lowest BCUT2D eigenvalue weighted by atomic mass is 10.2. The molecule has 164 valence electrons. The van der Waals surface area contributed by atoms with E-state index in [0.717, 1.165) is 11.4 Å². The molecule has 0 radical (unpaired) electrons. The zero-order valence-corrected chi connectivity index (χ0v) is 19.2. The Morgan fingerprint density at radius 3 is 2.29 bits per heavy atom. The highest BCUT2D eigenvalue weighted by molar-refractivity contribution is 7.89. The van der Waals surface area contributed by atoms with Gasteiger partial charge in [-0.05, 0) is 44.2 Å². The van der Waals surface area contributed by atoms with Gasteiger partial charge in [-0.2, -0.15) is 9.40 Å². The molecular weight excluding hydrogens is 438 g/mol. The molecule has 0 spiro atoms. The molecule has 0 bridgehead atoms. The van der Waals surface area contributed by atoms with E-state index in [1.54, 1.807) is 35.0 Å². The molecule has 3 heterocycles. The van der Waals surface area contributed by atoms with E-state index < -0.39 is 10.0 Å². The van der Waals surface area contributed by atoms with Crippen molar-refractivity contribution < 1.29 is 13.2 Å². The third-order valence-electron chi connectivity index (χ3n) is 5.58. The second-order valence-corrected chi connectivity index (χ2v) is 9.98. The minimum Gasteiger partial charge on any atom is -0.336 e. The van der Waals surface area contributed by atoms with Crippen LogP contribution in [-0.2, 0) is 17.1 Å². The first-order chi connectivity index (χ1) is 14.7. The fraction of sp³-hybridized carbons (Fsp3) is 0.333. The number of sulfonamides is 1. The molecule has 0 saturated carbocycles. The average molecular weight is 462 g/mol. The second-order valence-electron chi connectivity index (χ2n) is 7.61. The lowest BCUT2D eigenvalue weighted by molar-refractivity contribution is 0.0698. The summed E-state index contributed by atoms with van der Waals surface area (Å²) >= 11 is 5.96. The van der Waals surface area contributed by atoms with Crippen LogP contribution < -0.4 is 0 Å². The maximum absolute atomic E-state index is 13.3. The van der Waals surface area contributed by atoms with Crippen LogP contribution in [0.2, 0.25) is 5.02 Å². The van der Waals surface area contributed by atoms with Gasteiger partial charge in [-0.25, -0.2) is 8.42 Å². The van der Waals surface area contributed by atoms with Gasteiger partial charge in [-0.3, -0.25) is 9.48 Å². The number of halogens is 1. The first-order valence-corrected chi connectivity index (χ1v) is 11.7. The topological polar surface area (TPSA) is 80.4 Å². The summed E-state index contributed by atoms with van der Waals surface area (Å²) < 4.78 is 30.9. The summed E-state index contributed by atoms with van der Waals surface area (Å²) in [4.78, 5) is 15.1. The lowest BCUT2D eigenvalue weighted by Crippen LogP contribution is -2.50. The predicted molar refractivity (Wildman–Crippen MR) is 118 cm³/mol. The highest BCUT2D eigenvalue weighted by Crippen LogP contribution is 2.24. The smallest absolute Gasteiger partial charge is 0.259 e. The molecule has 2 aromatic heterocycles. The molecule has 3 aromatic rings. The Balaban J connectivity index is 1.54. The lowest BCUT2D eigenvalue weighted by Gasteiger charge is -2.34. The summed E-state index contributed by atoms with van der Waals surface area (Å²) in [7, 11) is -1.85. The summed E-state index contributed by atoms with van der Waals surface area (Å²) in [5, 5.41) is 4.67. The number of amides is 1. The molecule has 0 atom stereocenters. The molecule has 1 saturated heterocycles. The number of rotatable bonds is 4. The van der Waals surface area contributed by atoms with Gasteiger partial charge >= 0.3 is 0 Å². The summed E-state index contributed by atoms with van der Waals surface area (Å²) in [5.41, 5.74) is 2.51. The SMILES string of the molecule is Cc1ccc(C)n1-c1c(C(=O)N2CCN(S(=O)(=O)c3cccc(Cl)c3)CC2)cnn1C. The Morgan fingerprint density at radius 2 is 1.68 bits per heavy atom. The van der Waals surface area contributed by atoms with E-state index in [-0.39, 0.29) is 23.9 Å². The Bertz CT molecular complexity index is 1220. The summed E-state index contributed by atoms with van der Waals surface area (Å²) in [6, 6.07) is 10.2. The zero-order chi connectivity index (χ0) is 22.3. The number of aromatic nitrogens is 3. The molecule has 1 aliphatic heterocycles.